The van der Waals surface area contributed by atoms with Crippen molar-refractivity contribution in [3.63, 3.8) is 0 Å². The Morgan fingerprint density at radius 1 is 1.28 bits per heavy atom. The van der Waals surface area contributed by atoms with Crippen molar-refractivity contribution in [3.8, 4) is 5.75 Å². The molecule has 0 amide bonds. The summed E-state index contributed by atoms with van der Waals surface area (Å²) in [4.78, 5) is 0. The van der Waals surface area contributed by atoms with Crippen LogP contribution in [0.2, 0.25) is 0 Å². The van der Waals surface area contributed by atoms with Crippen LogP contribution >= 0.6 is 0 Å². The highest BCUT2D eigenvalue weighted by Crippen LogP contribution is 2.40. The van der Waals surface area contributed by atoms with Crippen LogP contribution in [0.25, 0.3) is 0 Å². The van der Waals surface area contributed by atoms with Crippen molar-refractivity contribution in [3.05, 3.63) is 29.8 Å². The third-order valence-electron chi connectivity index (χ3n) is 3.48. The third kappa shape index (κ3) is 3.16. The Hall–Kier alpha value is -1.23. The van der Waals surface area contributed by atoms with Gasteiger partial charge in [0.25, 0.3) is 0 Å². The quantitative estimate of drug-likeness (QED) is 0.902. The van der Waals surface area contributed by atoms with Gasteiger partial charge in [-0.2, -0.15) is 0 Å². The van der Waals surface area contributed by atoms with Crippen molar-refractivity contribution in [2.45, 2.75) is 31.5 Å². The summed E-state index contributed by atoms with van der Waals surface area (Å²) in [6.07, 6.45) is -1.53. The second-order valence-corrected chi connectivity index (χ2v) is 4.65. The molecular weight excluding hydrogens is 243 g/mol. The van der Waals surface area contributed by atoms with E-state index in [-0.39, 0.29) is 11.7 Å². The zero-order valence-corrected chi connectivity index (χ0v) is 9.91. The Kier molecular flexibility index (Phi) is 3.80. The first kappa shape index (κ1) is 13.2. The Labute approximate surface area is 104 Å². The van der Waals surface area contributed by atoms with Gasteiger partial charge in [-0.15, -0.1) is 13.2 Å². The van der Waals surface area contributed by atoms with Gasteiger partial charge in [0.05, 0.1) is 0 Å². The number of benzene rings is 1. The minimum atomic E-state index is -4.64. The summed E-state index contributed by atoms with van der Waals surface area (Å²) in [5, 5.41) is 0. The predicted octanol–water partition coefficient (Wildman–Crippen LogP) is 3.43. The van der Waals surface area contributed by atoms with Gasteiger partial charge >= 0.3 is 6.36 Å². The normalized spacial score (nSPS) is 24.2. The fraction of sp³-hybridized carbons (Fsp3) is 0.538. The van der Waals surface area contributed by atoms with Gasteiger partial charge in [-0.3, -0.25) is 0 Å². The van der Waals surface area contributed by atoms with Gasteiger partial charge in [0.2, 0.25) is 0 Å². The molecule has 2 rings (SSSR count). The molecule has 5 heteroatoms. The molecule has 0 heterocycles. The molecule has 0 bridgehead atoms. The molecule has 0 aromatic heterocycles. The van der Waals surface area contributed by atoms with Gasteiger partial charge in [0, 0.05) is 0 Å². The van der Waals surface area contributed by atoms with Crippen LogP contribution in [0.15, 0.2) is 24.3 Å². The molecule has 1 fully saturated rings. The van der Waals surface area contributed by atoms with Gasteiger partial charge < -0.3 is 10.5 Å². The van der Waals surface area contributed by atoms with Gasteiger partial charge in [-0.05, 0) is 48.9 Å². The minimum Gasteiger partial charge on any atom is -0.406 e. The zero-order valence-electron chi connectivity index (χ0n) is 9.91. The zero-order chi connectivity index (χ0) is 13.2. The van der Waals surface area contributed by atoms with Gasteiger partial charge in [-0.1, -0.05) is 18.6 Å². The molecule has 0 saturated heterocycles. The van der Waals surface area contributed by atoms with E-state index in [2.05, 4.69) is 4.74 Å². The summed E-state index contributed by atoms with van der Waals surface area (Å²) in [6, 6.07) is 6.25. The summed E-state index contributed by atoms with van der Waals surface area (Å²) in [6.45, 7) is 0.578. The molecule has 1 aromatic rings. The summed E-state index contributed by atoms with van der Waals surface area (Å²) >= 11 is 0. The molecule has 1 saturated carbocycles. The van der Waals surface area contributed by atoms with Crippen LogP contribution in [0.5, 0.6) is 5.75 Å². The monoisotopic (exact) mass is 259 g/mol. The molecule has 1 aliphatic carbocycles. The van der Waals surface area contributed by atoms with Crippen molar-refractivity contribution < 1.29 is 17.9 Å². The molecule has 1 aromatic carbocycles. The summed E-state index contributed by atoms with van der Waals surface area (Å²) in [5.41, 5.74) is 6.58. The highest BCUT2D eigenvalue weighted by Gasteiger charge is 2.32. The van der Waals surface area contributed by atoms with E-state index < -0.39 is 6.36 Å². The third-order valence-corrected chi connectivity index (χ3v) is 3.48. The van der Waals surface area contributed by atoms with Crippen LogP contribution < -0.4 is 10.5 Å². The van der Waals surface area contributed by atoms with E-state index in [1.165, 1.54) is 12.1 Å². The maximum absolute atomic E-state index is 12.2. The van der Waals surface area contributed by atoms with E-state index in [4.69, 9.17) is 5.73 Å². The van der Waals surface area contributed by atoms with E-state index in [1.54, 1.807) is 6.07 Å². The Balaban J connectivity index is 2.16. The first-order valence-electron chi connectivity index (χ1n) is 6.05. The fourth-order valence-electron chi connectivity index (χ4n) is 2.70. The molecule has 1 aliphatic rings. The number of nitrogens with two attached hydrogens (primary N) is 1. The molecule has 0 aliphatic heterocycles. The van der Waals surface area contributed by atoms with Gasteiger partial charge in [-0.25, -0.2) is 0 Å². The molecule has 0 radical (unpaired) electrons. The van der Waals surface area contributed by atoms with Crippen LogP contribution in [0, 0.1) is 5.92 Å². The number of alkyl halides is 3. The molecule has 2 N–H and O–H groups in total. The molecular formula is C13H16F3NO. The lowest BCUT2D eigenvalue weighted by Gasteiger charge is -2.19. The lowest BCUT2D eigenvalue weighted by atomic mass is 9.89. The minimum absolute atomic E-state index is 0.150. The van der Waals surface area contributed by atoms with Crippen molar-refractivity contribution >= 4 is 0 Å². The summed E-state index contributed by atoms with van der Waals surface area (Å²) in [7, 11) is 0. The van der Waals surface area contributed by atoms with Crippen LogP contribution in [-0.4, -0.2) is 12.9 Å². The van der Waals surface area contributed by atoms with E-state index in [0.717, 1.165) is 24.8 Å². The average Bonchev–Trinajstić information content (AvgIpc) is 2.75. The molecule has 0 spiro atoms. The second kappa shape index (κ2) is 5.18. The first-order valence-corrected chi connectivity index (χ1v) is 6.05. The summed E-state index contributed by atoms with van der Waals surface area (Å²) in [5.74, 6) is 0.473. The van der Waals surface area contributed by atoms with Gasteiger partial charge in [0.1, 0.15) is 5.75 Å². The van der Waals surface area contributed by atoms with Crippen LogP contribution in [-0.2, 0) is 0 Å². The highest BCUT2D eigenvalue weighted by molar-refractivity contribution is 5.32. The standard InChI is InChI=1S/C13H16F3NO/c14-13(15,16)18-11-5-1-3-9(7-11)12-6-2-4-10(12)8-17/h1,3,5,7,10,12H,2,4,6,8,17H2. The predicted molar refractivity (Wildman–Crippen MR) is 62.3 cm³/mol. The number of hydrogen-bond acceptors (Lipinski definition) is 2. The average molecular weight is 259 g/mol. The number of ether oxygens (including phenoxy) is 1. The van der Waals surface area contributed by atoms with Crippen LogP contribution in [0.1, 0.15) is 30.7 Å². The number of rotatable bonds is 3. The van der Waals surface area contributed by atoms with E-state index in [0.29, 0.717) is 12.5 Å². The largest absolute Gasteiger partial charge is 0.573 e. The number of hydrogen-bond donors (Lipinski definition) is 1. The van der Waals surface area contributed by atoms with Crippen molar-refractivity contribution in [2.75, 3.05) is 6.54 Å². The van der Waals surface area contributed by atoms with E-state index in [9.17, 15) is 13.2 Å². The maximum atomic E-state index is 12.2. The smallest absolute Gasteiger partial charge is 0.406 e. The molecule has 2 unspecified atom stereocenters. The lowest BCUT2D eigenvalue weighted by molar-refractivity contribution is -0.274. The molecule has 18 heavy (non-hydrogen) atoms. The fourth-order valence-corrected chi connectivity index (χ4v) is 2.70. The van der Waals surface area contributed by atoms with Crippen molar-refractivity contribution in [1.29, 1.82) is 0 Å². The molecule has 2 atom stereocenters. The highest BCUT2D eigenvalue weighted by atomic mass is 19.4. The topological polar surface area (TPSA) is 35.2 Å². The molecule has 100 valence electrons. The van der Waals surface area contributed by atoms with E-state index >= 15 is 0 Å². The molecule has 2 nitrogen and oxygen atoms in total. The summed E-state index contributed by atoms with van der Waals surface area (Å²) < 4.78 is 40.4. The van der Waals surface area contributed by atoms with Crippen LogP contribution in [0.3, 0.4) is 0 Å². The van der Waals surface area contributed by atoms with Crippen LogP contribution in [0.4, 0.5) is 13.2 Å². The Bertz CT molecular complexity index is 405. The SMILES string of the molecule is NCC1CCCC1c1cccc(OC(F)(F)F)c1. The first-order chi connectivity index (χ1) is 8.49. The van der Waals surface area contributed by atoms with Crippen molar-refractivity contribution in [2.24, 2.45) is 11.7 Å². The second-order valence-electron chi connectivity index (χ2n) is 4.65. The lowest BCUT2D eigenvalue weighted by Crippen LogP contribution is -2.19. The Morgan fingerprint density at radius 3 is 2.72 bits per heavy atom. The maximum Gasteiger partial charge on any atom is 0.573 e. The van der Waals surface area contributed by atoms with Gasteiger partial charge in [0.15, 0.2) is 0 Å². The number of halogens is 3. The Morgan fingerprint density at radius 2 is 2.06 bits per heavy atom. The van der Waals surface area contributed by atoms with Crippen molar-refractivity contribution in [1.82, 2.24) is 0 Å². The van der Waals surface area contributed by atoms with E-state index in [1.807, 2.05) is 6.07 Å².